The van der Waals surface area contributed by atoms with Crippen LogP contribution in [0.3, 0.4) is 0 Å². The van der Waals surface area contributed by atoms with Crippen LogP contribution in [0.2, 0.25) is 0 Å². The number of nitrogens with zero attached hydrogens (tertiary/aromatic N) is 4. The van der Waals surface area contributed by atoms with E-state index in [0.29, 0.717) is 35.7 Å². The third-order valence-electron chi connectivity index (χ3n) is 4.88. The maximum Gasteiger partial charge on any atom is 0.244 e. The first-order valence-electron chi connectivity index (χ1n) is 11.2. The Morgan fingerprint density at radius 1 is 1.21 bits per heavy atom. The minimum absolute atomic E-state index is 0.192. The number of ether oxygens (including phenoxy) is 2. The van der Waals surface area contributed by atoms with Gasteiger partial charge in [0.05, 0.1) is 32.3 Å². The quantitative estimate of drug-likeness (QED) is 0.227. The molecule has 1 amide bonds. The Balaban J connectivity index is 1.64. The van der Waals surface area contributed by atoms with Crippen molar-refractivity contribution in [1.29, 1.82) is 0 Å². The summed E-state index contributed by atoms with van der Waals surface area (Å²) in [5.41, 5.74) is 1.59. The van der Waals surface area contributed by atoms with Crippen molar-refractivity contribution in [2.45, 2.75) is 32.5 Å². The van der Waals surface area contributed by atoms with Crippen LogP contribution in [0, 0.1) is 5.92 Å². The van der Waals surface area contributed by atoms with Gasteiger partial charge in [-0.2, -0.15) is 5.10 Å². The fourth-order valence-electron chi connectivity index (χ4n) is 3.20. The highest BCUT2D eigenvalue weighted by atomic mass is 32.2. The highest BCUT2D eigenvalue weighted by Gasteiger charge is 2.13. The number of carbonyl (C=O) groups is 1. The molecule has 0 saturated heterocycles. The van der Waals surface area contributed by atoms with Crippen molar-refractivity contribution in [2.24, 2.45) is 5.92 Å². The molecule has 0 bridgehead atoms. The molecule has 2 heterocycles. The fourth-order valence-corrected chi connectivity index (χ4v) is 3.77. The molecule has 9 nitrogen and oxygen atoms in total. The summed E-state index contributed by atoms with van der Waals surface area (Å²) in [4.78, 5) is 21.6. The van der Waals surface area contributed by atoms with Crippen LogP contribution >= 0.6 is 11.8 Å². The number of carbonyl (C=O) groups excluding carboxylic acids is 1. The summed E-state index contributed by atoms with van der Waals surface area (Å²) in [7, 11) is 3.16. The van der Waals surface area contributed by atoms with E-state index in [1.165, 1.54) is 6.08 Å². The number of hydrogen-bond donors (Lipinski definition) is 2. The van der Waals surface area contributed by atoms with Gasteiger partial charge >= 0.3 is 0 Å². The number of anilines is 1. The molecule has 34 heavy (non-hydrogen) atoms. The van der Waals surface area contributed by atoms with E-state index >= 15 is 0 Å². The molecule has 2 aromatic heterocycles. The van der Waals surface area contributed by atoms with Crippen LogP contribution in [0.4, 0.5) is 5.82 Å². The molecule has 1 aromatic carbocycles. The topological polar surface area (TPSA) is 103 Å². The predicted octanol–water partition coefficient (Wildman–Crippen LogP) is 3.85. The molecule has 3 rings (SSSR count). The van der Waals surface area contributed by atoms with Gasteiger partial charge in [0.25, 0.3) is 0 Å². The van der Waals surface area contributed by atoms with Crippen molar-refractivity contribution in [3.8, 4) is 11.5 Å². The average Bonchev–Trinajstić information content (AvgIpc) is 3.24. The number of hydrogen-bond acceptors (Lipinski definition) is 8. The minimum Gasteiger partial charge on any atom is -0.493 e. The summed E-state index contributed by atoms with van der Waals surface area (Å²) < 4.78 is 12.3. The Morgan fingerprint density at radius 3 is 2.71 bits per heavy atom. The molecule has 3 aromatic rings. The summed E-state index contributed by atoms with van der Waals surface area (Å²) in [6.07, 6.45) is 5.00. The van der Waals surface area contributed by atoms with Crippen molar-refractivity contribution in [3.05, 3.63) is 36.0 Å². The molecule has 10 heteroatoms. The number of benzene rings is 1. The van der Waals surface area contributed by atoms with Gasteiger partial charge in [0.2, 0.25) is 5.91 Å². The average molecular weight is 485 g/mol. The van der Waals surface area contributed by atoms with Gasteiger partial charge in [-0.1, -0.05) is 38.6 Å². The largest absolute Gasteiger partial charge is 0.493 e. The second-order valence-corrected chi connectivity index (χ2v) is 9.14. The normalized spacial score (nSPS) is 11.4. The molecular weight excluding hydrogens is 452 g/mol. The van der Waals surface area contributed by atoms with Crippen LogP contribution in [-0.2, 0) is 11.3 Å². The van der Waals surface area contributed by atoms with Gasteiger partial charge in [0.15, 0.2) is 22.3 Å². The van der Waals surface area contributed by atoms with E-state index in [4.69, 9.17) is 9.47 Å². The molecule has 0 atom stereocenters. The van der Waals surface area contributed by atoms with Crippen molar-refractivity contribution in [3.63, 3.8) is 0 Å². The lowest BCUT2D eigenvalue weighted by molar-refractivity contribution is -0.116. The van der Waals surface area contributed by atoms with Gasteiger partial charge in [0, 0.05) is 19.2 Å². The van der Waals surface area contributed by atoms with Gasteiger partial charge < -0.3 is 20.1 Å². The zero-order chi connectivity index (χ0) is 24.5. The number of thioether (sulfide) groups is 1. The van der Waals surface area contributed by atoms with E-state index in [1.807, 2.05) is 12.1 Å². The highest BCUT2D eigenvalue weighted by molar-refractivity contribution is 7.99. The summed E-state index contributed by atoms with van der Waals surface area (Å²) in [5.74, 6) is 3.23. The van der Waals surface area contributed by atoms with Crippen molar-refractivity contribution in [1.82, 2.24) is 25.1 Å². The van der Waals surface area contributed by atoms with Gasteiger partial charge in [0.1, 0.15) is 5.82 Å². The van der Waals surface area contributed by atoms with Gasteiger partial charge in [-0.3, -0.25) is 4.79 Å². The molecule has 182 valence electrons. The Hall–Kier alpha value is -3.27. The molecule has 0 aliphatic heterocycles. The molecule has 0 aliphatic carbocycles. The maximum atomic E-state index is 12.3. The monoisotopic (exact) mass is 484 g/mol. The fraction of sp³-hybridized carbons (Fsp3) is 0.417. The molecule has 0 spiro atoms. The lowest BCUT2D eigenvalue weighted by atomic mass is 10.2. The Kier molecular flexibility index (Phi) is 9.15. The second kappa shape index (κ2) is 12.3. The van der Waals surface area contributed by atoms with E-state index in [-0.39, 0.29) is 5.91 Å². The highest BCUT2D eigenvalue weighted by Crippen LogP contribution is 2.28. The number of fused-ring (bicyclic) bond motifs is 1. The summed E-state index contributed by atoms with van der Waals surface area (Å²) in [6, 6.07) is 5.48. The molecular formula is C24H32N6O3S. The summed E-state index contributed by atoms with van der Waals surface area (Å²) >= 11 is 1.59. The zero-order valence-corrected chi connectivity index (χ0v) is 21.1. The second-order valence-electron chi connectivity index (χ2n) is 7.91. The lowest BCUT2D eigenvalue weighted by Crippen LogP contribution is -2.25. The third kappa shape index (κ3) is 6.63. The molecule has 0 aliphatic rings. The van der Waals surface area contributed by atoms with Gasteiger partial charge in [-0.05, 0) is 35.4 Å². The van der Waals surface area contributed by atoms with E-state index in [2.05, 4.69) is 46.5 Å². The number of rotatable bonds is 12. The molecule has 0 unspecified atom stereocenters. The van der Waals surface area contributed by atoms with E-state index < -0.39 is 0 Å². The maximum absolute atomic E-state index is 12.3. The van der Waals surface area contributed by atoms with Crippen LogP contribution in [0.1, 0.15) is 26.3 Å². The van der Waals surface area contributed by atoms with Crippen LogP contribution in [0.5, 0.6) is 11.5 Å². The SMILES string of the molecule is CCSc1nc(NCC(C)C)c2cnn(CCNC(=O)/C=C\c3ccc(OC)c(OC)c3)c2n1. The number of aromatic nitrogens is 4. The minimum atomic E-state index is -0.192. The zero-order valence-electron chi connectivity index (χ0n) is 20.3. The van der Waals surface area contributed by atoms with Crippen molar-refractivity contribution >= 4 is 40.6 Å². The first-order valence-corrected chi connectivity index (χ1v) is 12.2. The lowest BCUT2D eigenvalue weighted by Gasteiger charge is -2.11. The molecule has 2 N–H and O–H groups in total. The first kappa shape index (κ1) is 25.4. The number of amides is 1. The molecule has 0 fully saturated rings. The first-order chi connectivity index (χ1) is 16.4. The van der Waals surface area contributed by atoms with Crippen molar-refractivity contribution in [2.75, 3.05) is 38.4 Å². The Labute approximate surface area is 204 Å². The van der Waals surface area contributed by atoms with E-state index in [9.17, 15) is 4.79 Å². The Morgan fingerprint density at radius 2 is 2.00 bits per heavy atom. The van der Waals surface area contributed by atoms with Crippen LogP contribution in [0.15, 0.2) is 35.6 Å². The smallest absolute Gasteiger partial charge is 0.244 e. The van der Waals surface area contributed by atoms with Crippen molar-refractivity contribution < 1.29 is 14.3 Å². The van der Waals surface area contributed by atoms with Gasteiger partial charge in [-0.25, -0.2) is 14.6 Å². The summed E-state index contributed by atoms with van der Waals surface area (Å²) in [6.45, 7) is 8.10. The third-order valence-corrected chi connectivity index (χ3v) is 5.61. The molecule has 0 saturated carbocycles. The number of nitrogens with one attached hydrogen (secondary N) is 2. The summed E-state index contributed by atoms with van der Waals surface area (Å²) in [5, 5.41) is 12.4. The Bertz CT molecular complexity index is 1150. The van der Waals surface area contributed by atoms with Gasteiger partial charge in [-0.15, -0.1) is 0 Å². The van der Waals surface area contributed by atoms with E-state index in [0.717, 1.165) is 34.7 Å². The number of methoxy groups -OCH3 is 2. The molecule has 0 radical (unpaired) electrons. The van der Waals surface area contributed by atoms with E-state index in [1.54, 1.807) is 49.0 Å². The van der Waals surface area contributed by atoms with Crippen LogP contribution in [-0.4, -0.2) is 58.7 Å². The van der Waals surface area contributed by atoms with Crippen LogP contribution < -0.4 is 20.1 Å². The van der Waals surface area contributed by atoms with Crippen LogP contribution in [0.25, 0.3) is 17.1 Å². The predicted molar refractivity (Wildman–Crippen MR) is 137 cm³/mol. The standard InChI is InChI=1S/C24H32N6O3S/c1-6-34-24-28-22(26-14-16(2)3)18-15-27-30(23(18)29-24)12-11-25-21(31)10-8-17-7-9-19(32-4)20(13-17)33-5/h7-10,13,15-16H,6,11-12,14H2,1-5H3,(H,25,31)(H,26,28,29)/b10-8-.